The second-order valence-corrected chi connectivity index (χ2v) is 7.85. The first-order valence-electron chi connectivity index (χ1n) is 10.7. The monoisotopic (exact) mass is 457 g/mol. The lowest BCUT2D eigenvalue weighted by molar-refractivity contribution is -0.142. The minimum absolute atomic E-state index is 0.326. The van der Waals surface area contributed by atoms with Gasteiger partial charge in [-0.3, -0.25) is 4.79 Å². The van der Waals surface area contributed by atoms with E-state index in [1.54, 1.807) is 48.5 Å². The fourth-order valence-electron chi connectivity index (χ4n) is 3.75. The highest BCUT2D eigenvalue weighted by molar-refractivity contribution is 5.86. The van der Waals surface area contributed by atoms with Crippen LogP contribution in [0.15, 0.2) is 88.1 Å². The summed E-state index contributed by atoms with van der Waals surface area (Å²) in [6.07, 6.45) is 0.468. The van der Waals surface area contributed by atoms with E-state index in [2.05, 4.69) is 5.32 Å². The van der Waals surface area contributed by atoms with Crippen LogP contribution >= 0.6 is 0 Å². The maximum absolute atomic E-state index is 12.6. The molecule has 0 spiro atoms. The van der Waals surface area contributed by atoms with Crippen LogP contribution in [0.25, 0.3) is 11.0 Å². The van der Waals surface area contributed by atoms with Crippen LogP contribution in [-0.2, 0) is 16.0 Å². The van der Waals surface area contributed by atoms with Gasteiger partial charge in [0.2, 0.25) is 0 Å². The Morgan fingerprint density at radius 1 is 1.00 bits per heavy atom. The fourth-order valence-corrected chi connectivity index (χ4v) is 3.75. The molecule has 1 heterocycles. The van der Waals surface area contributed by atoms with E-state index in [0.29, 0.717) is 28.9 Å². The van der Waals surface area contributed by atoms with Crippen LogP contribution in [0, 0.1) is 6.92 Å². The summed E-state index contributed by atoms with van der Waals surface area (Å²) in [7, 11) is 0. The summed E-state index contributed by atoms with van der Waals surface area (Å²) in [6.45, 7) is 1.48. The number of amides is 1. The van der Waals surface area contributed by atoms with Crippen molar-refractivity contribution in [1.29, 1.82) is 0 Å². The van der Waals surface area contributed by atoms with Crippen molar-refractivity contribution in [1.82, 2.24) is 5.32 Å². The first kappa shape index (κ1) is 22.8. The molecule has 0 radical (unpaired) electrons. The number of nitrogens with one attached hydrogen (secondary N) is 1. The van der Waals surface area contributed by atoms with Crippen molar-refractivity contribution >= 4 is 22.8 Å². The van der Waals surface area contributed by atoms with E-state index in [-0.39, 0.29) is 0 Å². The fraction of sp³-hybridized carbons (Fsp3) is 0.148. The summed E-state index contributed by atoms with van der Waals surface area (Å²) in [5, 5.41) is 12.7. The Bertz CT molecular complexity index is 1380. The van der Waals surface area contributed by atoms with Crippen molar-refractivity contribution in [2.45, 2.75) is 19.4 Å². The molecule has 2 N–H and O–H groups in total. The number of carbonyl (C=O) groups is 2. The summed E-state index contributed by atoms with van der Waals surface area (Å²) in [6, 6.07) is 21.9. The Kier molecular flexibility index (Phi) is 6.73. The number of hydrogen-bond donors (Lipinski definition) is 2. The molecule has 7 heteroatoms. The first-order chi connectivity index (χ1) is 16.4. The van der Waals surface area contributed by atoms with E-state index in [0.717, 1.165) is 16.5 Å². The minimum Gasteiger partial charge on any atom is -0.484 e. The van der Waals surface area contributed by atoms with Gasteiger partial charge in [0.05, 0.1) is 0 Å². The molecular weight excluding hydrogens is 434 g/mol. The first-order valence-corrected chi connectivity index (χ1v) is 10.7. The SMILES string of the molecule is Cc1c(Cc2ccccc2)c(=O)oc2cc(OCC(=O)N[C@H](C(=O)O)c3ccccc3)ccc12. The molecule has 0 saturated carbocycles. The maximum Gasteiger partial charge on any atom is 0.340 e. The predicted molar refractivity (Wildman–Crippen MR) is 127 cm³/mol. The molecule has 1 aromatic heterocycles. The third-order valence-electron chi connectivity index (χ3n) is 5.54. The van der Waals surface area contributed by atoms with Gasteiger partial charge in [-0.25, -0.2) is 9.59 Å². The molecule has 34 heavy (non-hydrogen) atoms. The summed E-state index contributed by atoms with van der Waals surface area (Å²) >= 11 is 0. The smallest absolute Gasteiger partial charge is 0.340 e. The molecule has 172 valence electrons. The van der Waals surface area contributed by atoms with Crippen molar-refractivity contribution in [2.24, 2.45) is 0 Å². The number of hydrogen-bond acceptors (Lipinski definition) is 5. The molecule has 0 aliphatic carbocycles. The average molecular weight is 457 g/mol. The van der Waals surface area contributed by atoms with Crippen molar-refractivity contribution in [2.75, 3.05) is 6.61 Å². The minimum atomic E-state index is -1.18. The molecule has 0 fully saturated rings. The second-order valence-electron chi connectivity index (χ2n) is 7.85. The van der Waals surface area contributed by atoms with Crippen molar-refractivity contribution in [3.63, 3.8) is 0 Å². The molecule has 1 atom stereocenters. The standard InChI is InChI=1S/C27H23NO6/c1-17-21-13-12-20(15-23(21)34-27(32)22(17)14-18-8-4-2-5-9-18)33-16-24(29)28-25(26(30)31)19-10-6-3-7-11-19/h2-13,15,25H,14,16H2,1H3,(H,28,29)(H,30,31)/t25-/m0/s1. The number of ether oxygens (including phenoxy) is 1. The van der Waals surface area contributed by atoms with Crippen LogP contribution in [0.1, 0.15) is 28.3 Å². The van der Waals surface area contributed by atoms with Crippen LogP contribution in [0.4, 0.5) is 0 Å². The number of rotatable bonds is 8. The molecule has 0 unspecified atom stereocenters. The third-order valence-corrected chi connectivity index (χ3v) is 5.54. The molecule has 0 aliphatic heterocycles. The van der Waals surface area contributed by atoms with Gasteiger partial charge in [0, 0.05) is 23.4 Å². The van der Waals surface area contributed by atoms with Gasteiger partial charge in [-0.2, -0.15) is 0 Å². The van der Waals surface area contributed by atoms with Gasteiger partial charge in [-0.1, -0.05) is 60.7 Å². The third kappa shape index (κ3) is 5.15. The van der Waals surface area contributed by atoms with Gasteiger partial charge in [-0.05, 0) is 35.7 Å². The van der Waals surface area contributed by atoms with E-state index in [1.165, 1.54) is 0 Å². The quantitative estimate of drug-likeness (QED) is 0.387. The van der Waals surface area contributed by atoms with E-state index in [9.17, 15) is 19.5 Å². The Labute approximate surface area is 195 Å². The number of aliphatic carboxylic acids is 1. The van der Waals surface area contributed by atoms with Gasteiger partial charge in [0.1, 0.15) is 11.3 Å². The normalized spacial score (nSPS) is 11.7. The van der Waals surface area contributed by atoms with Crippen molar-refractivity contribution < 1.29 is 23.8 Å². The van der Waals surface area contributed by atoms with Crippen LogP contribution in [0.3, 0.4) is 0 Å². The number of carbonyl (C=O) groups excluding carboxylic acids is 1. The molecule has 0 saturated heterocycles. The number of carboxylic acid groups (broad SMARTS) is 1. The van der Waals surface area contributed by atoms with E-state index < -0.39 is 30.2 Å². The molecule has 3 aromatic carbocycles. The van der Waals surface area contributed by atoms with E-state index in [1.807, 2.05) is 37.3 Å². The van der Waals surface area contributed by atoms with E-state index in [4.69, 9.17) is 9.15 Å². The highest BCUT2D eigenvalue weighted by Crippen LogP contribution is 2.25. The van der Waals surface area contributed by atoms with Crippen molar-refractivity contribution in [3.8, 4) is 5.75 Å². The lowest BCUT2D eigenvalue weighted by Gasteiger charge is -2.15. The van der Waals surface area contributed by atoms with Gasteiger partial charge < -0.3 is 19.6 Å². The van der Waals surface area contributed by atoms with Crippen molar-refractivity contribution in [3.05, 3.63) is 112 Å². The molecular formula is C27H23NO6. The zero-order valence-corrected chi connectivity index (χ0v) is 18.5. The van der Waals surface area contributed by atoms with Crippen LogP contribution in [-0.4, -0.2) is 23.6 Å². The highest BCUT2D eigenvalue weighted by Gasteiger charge is 2.22. The molecule has 4 aromatic rings. The number of aryl methyl sites for hydroxylation is 1. The zero-order valence-electron chi connectivity index (χ0n) is 18.5. The number of carboxylic acids is 1. The Hall–Kier alpha value is -4.39. The van der Waals surface area contributed by atoms with Gasteiger partial charge in [-0.15, -0.1) is 0 Å². The Balaban J connectivity index is 1.47. The topological polar surface area (TPSA) is 106 Å². The summed E-state index contributed by atoms with van der Waals surface area (Å²) < 4.78 is 11.1. The molecule has 7 nitrogen and oxygen atoms in total. The van der Waals surface area contributed by atoms with Crippen LogP contribution < -0.4 is 15.7 Å². The lowest BCUT2D eigenvalue weighted by atomic mass is 10.00. The van der Waals surface area contributed by atoms with E-state index >= 15 is 0 Å². The lowest BCUT2D eigenvalue weighted by Crippen LogP contribution is -2.36. The van der Waals surface area contributed by atoms with Crippen LogP contribution in [0.5, 0.6) is 5.75 Å². The molecule has 0 bridgehead atoms. The second kappa shape index (κ2) is 10.0. The number of benzene rings is 3. The summed E-state index contributed by atoms with van der Waals surface area (Å²) in [5.41, 5.74) is 2.82. The summed E-state index contributed by atoms with van der Waals surface area (Å²) in [4.78, 5) is 36.5. The largest absolute Gasteiger partial charge is 0.484 e. The van der Waals surface area contributed by atoms with Gasteiger partial charge >= 0.3 is 11.6 Å². The Morgan fingerprint density at radius 2 is 1.68 bits per heavy atom. The highest BCUT2D eigenvalue weighted by atomic mass is 16.5. The molecule has 0 aliphatic rings. The number of fused-ring (bicyclic) bond motifs is 1. The molecule has 4 rings (SSSR count). The van der Waals surface area contributed by atoms with Gasteiger partial charge in [0.25, 0.3) is 5.91 Å². The Morgan fingerprint density at radius 3 is 2.35 bits per heavy atom. The zero-order chi connectivity index (χ0) is 24.1. The average Bonchev–Trinajstić information content (AvgIpc) is 2.84. The summed E-state index contributed by atoms with van der Waals surface area (Å²) in [5.74, 6) is -1.44. The maximum atomic E-state index is 12.6. The van der Waals surface area contributed by atoms with Gasteiger partial charge in [0.15, 0.2) is 12.6 Å². The predicted octanol–water partition coefficient (Wildman–Crippen LogP) is 4.01. The molecule has 1 amide bonds. The van der Waals surface area contributed by atoms with Crippen LogP contribution in [0.2, 0.25) is 0 Å².